The van der Waals surface area contributed by atoms with Crippen molar-refractivity contribution in [1.29, 1.82) is 0 Å². The number of nitrogens with one attached hydrogen (secondary N) is 1. The lowest BCUT2D eigenvalue weighted by molar-refractivity contribution is -0.139. The van der Waals surface area contributed by atoms with Gasteiger partial charge in [0.1, 0.15) is 12.6 Å². The number of hydrogen-bond donors (Lipinski definition) is 3. The van der Waals surface area contributed by atoms with Gasteiger partial charge in [0.2, 0.25) is 0 Å². The van der Waals surface area contributed by atoms with Gasteiger partial charge in [-0.3, -0.25) is 0 Å². The lowest BCUT2D eigenvalue weighted by Gasteiger charge is -2.13. The van der Waals surface area contributed by atoms with Crippen LogP contribution in [0.25, 0.3) is 0 Å². The standard InChI is InChI=1S/C9H16N2O4/c1-2-6-15-9(14)11-7(8(12)13)4-3-5-10/h2,7H,1,3-6,10H2,(H,11,14)(H,12,13)/t7-/m0/s1. The molecule has 0 aromatic rings. The number of aliphatic carboxylic acids is 1. The third-order valence-corrected chi connectivity index (χ3v) is 1.62. The van der Waals surface area contributed by atoms with E-state index in [0.29, 0.717) is 13.0 Å². The molecule has 0 radical (unpaired) electrons. The minimum atomic E-state index is -1.10. The molecular weight excluding hydrogens is 200 g/mol. The Labute approximate surface area is 88.1 Å². The second kappa shape index (κ2) is 7.81. The zero-order chi connectivity index (χ0) is 11.7. The Hall–Kier alpha value is -1.56. The molecule has 1 atom stereocenters. The fourth-order valence-electron chi connectivity index (χ4n) is 0.898. The molecule has 0 aromatic heterocycles. The largest absolute Gasteiger partial charge is 0.480 e. The lowest BCUT2D eigenvalue weighted by atomic mass is 10.1. The quantitative estimate of drug-likeness (QED) is 0.523. The molecule has 0 saturated heterocycles. The SMILES string of the molecule is C=CCOC(=O)N[C@@H](CCCN)C(=O)O. The number of carbonyl (C=O) groups excluding carboxylic acids is 1. The van der Waals surface area contributed by atoms with E-state index in [0.717, 1.165) is 0 Å². The summed E-state index contributed by atoms with van der Waals surface area (Å²) in [4.78, 5) is 21.7. The first-order chi connectivity index (χ1) is 7.11. The summed E-state index contributed by atoms with van der Waals surface area (Å²) in [6.07, 6.45) is 1.45. The number of carbonyl (C=O) groups is 2. The van der Waals surface area contributed by atoms with Crippen molar-refractivity contribution in [3.63, 3.8) is 0 Å². The van der Waals surface area contributed by atoms with Gasteiger partial charge in [0.05, 0.1) is 0 Å². The molecule has 0 heterocycles. The first kappa shape index (κ1) is 13.4. The van der Waals surface area contributed by atoms with Gasteiger partial charge in [-0.1, -0.05) is 12.7 Å². The minimum absolute atomic E-state index is 0.0507. The fraction of sp³-hybridized carbons (Fsp3) is 0.556. The number of rotatable bonds is 7. The van der Waals surface area contributed by atoms with Crippen molar-refractivity contribution in [1.82, 2.24) is 5.32 Å². The third kappa shape index (κ3) is 6.50. The number of carboxylic acids is 1. The van der Waals surface area contributed by atoms with Crippen LogP contribution in [0.4, 0.5) is 4.79 Å². The van der Waals surface area contributed by atoms with Crippen LogP contribution < -0.4 is 11.1 Å². The molecule has 0 aliphatic heterocycles. The van der Waals surface area contributed by atoms with Crippen molar-refractivity contribution in [2.24, 2.45) is 5.73 Å². The van der Waals surface area contributed by atoms with Crippen LogP contribution in [0.1, 0.15) is 12.8 Å². The average molecular weight is 216 g/mol. The molecule has 0 saturated carbocycles. The van der Waals surface area contributed by atoms with Crippen LogP contribution in [-0.2, 0) is 9.53 Å². The van der Waals surface area contributed by atoms with Gasteiger partial charge in [-0.2, -0.15) is 0 Å². The summed E-state index contributed by atoms with van der Waals surface area (Å²) in [5.41, 5.74) is 5.24. The second-order valence-corrected chi connectivity index (χ2v) is 2.85. The molecule has 0 aliphatic rings. The van der Waals surface area contributed by atoms with Crippen molar-refractivity contribution in [2.75, 3.05) is 13.2 Å². The van der Waals surface area contributed by atoms with Crippen LogP contribution in [0, 0.1) is 0 Å². The van der Waals surface area contributed by atoms with Crippen molar-refractivity contribution in [3.05, 3.63) is 12.7 Å². The van der Waals surface area contributed by atoms with Gasteiger partial charge in [0, 0.05) is 0 Å². The maximum Gasteiger partial charge on any atom is 0.408 e. The Morgan fingerprint density at radius 3 is 2.73 bits per heavy atom. The van der Waals surface area contributed by atoms with Gasteiger partial charge in [-0.15, -0.1) is 0 Å². The van der Waals surface area contributed by atoms with Crippen molar-refractivity contribution >= 4 is 12.1 Å². The molecule has 6 nitrogen and oxygen atoms in total. The molecule has 6 heteroatoms. The highest BCUT2D eigenvalue weighted by atomic mass is 16.5. The van der Waals surface area contributed by atoms with Gasteiger partial charge in [-0.05, 0) is 19.4 Å². The summed E-state index contributed by atoms with van der Waals surface area (Å²) in [5.74, 6) is -1.10. The number of ether oxygens (including phenoxy) is 1. The van der Waals surface area contributed by atoms with Gasteiger partial charge in [0.15, 0.2) is 0 Å². The fourth-order valence-corrected chi connectivity index (χ4v) is 0.898. The van der Waals surface area contributed by atoms with E-state index in [9.17, 15) is 9.59 Å². The molecule has 86 valence electrons. The van der Waals surface area contributed by atoms with Crippen molar-refractivity contribution in [2.45, 2.75) is 18.9 Å². The average Bonchev–Trinajstić information content (AvgIpc) is 2.20. The van der Waals surface area contributed by atoms with E-state index in [1.165, 1.54) is 6.08 Å². The Kier molecular flexibility index (Phi) is 7.00. The predicted octanol–water partition coefficient (Wildman–Crippen LogP) is 0.0907. The molecule has 1 amide bonds. The second-order valence-electron chi connectivity index (χ2n) is 2.85. The zero-order valence-electron chi connectivity index (χ0n) is 8.44. The Morgan fingerprint density at radius 2 is 2.27 bits per heavy atom. The van der Waals surface area contributed by atoms with Gasteiger partial charge in [-0.25, -0.2) is 9.59 Å². The maximum atomic E-state index is 11.0. The monoisotopic (exact) mass is 216 g/mol. The number of alkyl carbamates (subject to hydrolysis) is 1. The molecule has 0 spiro atoms. The molecule has 0 fully saturated rings. The predicted molar refractivity (Wildman–Crippen MR) is 54.4 cm³/mol. The van der Waals surface area contributed by atoms with E-state index in [1.54, 1.807) is 0 Å². The summed E-state index contributed by atoms with van der Waals surface area (Å²) < 4.78 is 4.59. The Bertz CT molecular complexity index is 230. The molecule has 0 rings (SSSR count). The molecule has 15 heavy (non-hydrogen) atoms. The molecule has 0 unspecified atom stereocenters. The number of nitrogens with two attached hydrogens (primary N) is 1. The highest BCUT2D eigenvalue weighted by Gasteiger charge is 2.19. The summed E-state index contributed by atoms with van der Waals surface area (Å²) in [6, 6.07) is -0.953. The van der Waals surface area contributed by atoms with E-state index < -0.39 is 18.1 Å². The van der Waals surface area contributed by atoms with Crippen molar-refractivity contribution < 1.29 is 19.4 Å². The van der Waals surface area contributed by atoms with E-state index >= 15 is 0 Å². The number of carboxylic acid groups (broad SMARTS) is 1. The first-order valence-electron chi connectivity index (χ1n) is 4.58. The summed E-state index contributed by atoms with van der Waals surface area (Å²) in [6.45, 7) is 3.79. The van der Waals surface area contributed by atoms with E-state index in [-0.39, 0.29) is 13.0 Å². The molecular formula is C9H16N2O4. The van der Waals surface area contributed by atoms with Gasteiger partial charge >= 0.3 is 12.1 Å². The maximum absolute atomic E-state index is 11.0. The van der Waals surface area contributed by atoms with Crippen molar-refractivity contribution in [3.8, 4) is 0 Å². The normalized spacial score (nSPS) is 11.5. The summed E-state index contributed by atoms with van der Waals surface area (Å²) in [5, 5.41) is 11.0. The first-order valence-corrected chi connectivity index (χ1v) is 4.58. The number of hydrogen-bond acceptors (Lipinski definition) is 4. The van der Waals surface area contributed by atoms with E-state index in [1.807, 2.05) is 0 Å². The Morgan fingerprint density at radius 1 is 1.60 bits per heavy atom. The lowest BCUT2D eigenvalue weighted by Crippen LogP contribution is -2.41. The van der Waals surface area contributed by atoms with E-state index in [4.69, 9.17) is 10.8 Å². The van der Waals surface area contributed by atoms with Crippen LogP contribution in [-0.4, -0.2) is 36.4 Å². The van der Waals surface area contributed by atoms with Gasteiger partial charge in [0.25, 0.3) is 0 Å². The zero-order valence-corrected chi connectivity index (χ0v) is 8.44. The number of amides is 1. The van der Waals surface area contributed by atoms with E-state index in [2.05, 4.69) is 16.6 Å². The molecule has 0 aromatic carbocycles. The highest BCUT2D eigenvalue weighted by Crippen LogP contribution is 1.97. The smallest absolute Gasteiger partial charge is 0.408 e. The van der Waals surface area contributed by atoms with Crippen LogP contribution >= 0.6 is 0 Å². The summed E-state index contributed by atoms with van der Waals surface area (Å²) in [7, 11) is 0. The van der Waals surface area contributed by atoms with Crippen LogP contribution in [0.2, 0.25) is 0 Å². The molecule has 4 N–H and O–H groups in total. The topological polar surface area (TPSA) is 102 Å². The van der Waals surface area contributed by atoms with Crippen LogP contribution in [0.15, 0.2) is 12.7 Å². The van der Waals surface area contributed by atoms with Crippen LogP contribution in [0.3, 0.4) is 0 Å². The summed E-state index contributed by atoms with van der Waals surface area (Å²) >= 11 is 0. The third-order valence-electron chi connectivity index (χ3n) is 1.62. The molecule has 0 aliphatic carbocycles. The van der Waals surface area contributed by atoms with Crippen LogP contribution in [0.5, 0.6) is 0 Å². The molecule has 0 bridgehead atoms. The van der Waals surface area contributed by atoms with Gasteiger partial charge < -0.3 is 20.9 Å². The Balaban J connectivity index is 3.98. The minimum Gasteiger partial charge on any atom is -0.480 e. The highest BCUT2D eigenvalue weighted by molar-refractivity contribution is 5.79.